The molecule has 0 aliphatic rings. The van der Waals surface area contributed by atoms with Crippen LogP contribution in [0.1, 0.15) is 15.9 Å². The van der Waals surface area contributed by atoms with Crippen molar-refractivity contribution in [2.24, 2.45) is 0 Å². The van der Waals surface area contributed by atoms with E-state index >= 15 is 0 Å². The number of phenolic OH excluding ortho intramolecular Hbond substituents is 2. The van der Waals surface area contributed by atoms with Gasteiger partial charge in [-0.05, 0) is 48.0 Å². The van der Waals surface area contributed by atoms with Crippen molar-refractivity contribution < 1.29 is 34.0 Å². The number of hydrogen-bond acceptors (Lipinski definition) is 7. The first-order chi connectivity index (χ1) is 15.9. The molecule has 0 unspecified atom stereocenters. The number of para-hydroxylation sites is 2. The third-order valence-corrected chi connectivity index (χ3v) is 4.60. The van der Waals surface area contributed by atoms with Crippen LogP contribution in [0, 0.1) is 0 Å². The van der Waals surface area contributed by atoms with Crippen LogP contribution in [0.25, 0.3) is 6.08 Å². The van der Waals surface area contributed by atoms with Gasteiger partial charge in [0.1, 0.15) is 17.2 Å². The van der Waals surface area contributed by atoms with Gasteiger partial charge in [-0.1, -0.05) is 24.3 Å². The zero-order valence-corrected chi connectivity index (χ0v) is 18.1. The van der Waals surface area contributed by atoms with E-state index in [9.17, 15) is 19.8 Å². The Morgan fingerprint density at radius 2 is 1.67 bits per heavy atom. The van der Waals surface area contributed by atoms with Gasteiger partial charge in [0.15, 0.2) is 23.9 Å². The van der Waals surface area contributed by atoms with Gasteiger partial charge in [0.05, 0.1) is 25.5 Å². The second-order valence-corrected chi connectivity index (χ2v) is 6.85. The predicted molar refractivity (Wildman–Crippen MR) is 123 cm³/mol. The highest BCUT2D eigenvalue weighted by molar-refractivity contribution is 6.08. The van der Waals surface area contributed by atoms with Gasteiger partial charge in [-0.3, -0.25) is 9.59 Å². The molecule has 0 fully saturated rings. The van der Waals surface area contributed by atoms with Crippen LogP contribution in [0.5, 0.6) is 28.7 Å². The van der Waals surface area contributed by atoms with E-state index in [1.807, 2.05) is 0 Å². The van der Waals surface area contributed by atoms with Crippen LogP contribution in [-0.4, -0.2) is 42.7 Å². The maximum Gasteiger partial charge on any atom is 0.262 e. The standard InChI is InChI=1S/C25H23NO7/c1-31-22-6-4-3-5-19(22)26-25(30)15-33-23-12-8-16(13-24(23)32-2)7-11-20(28)18-10-9-17(27)14-21(18)29/h3-14,27,29H,15H2,1-2H3,(H,26,30)/b11-7+. The lowest BCUT2D eigenvalue weighted by Crippen LogP contribution is -2.20. The molecule has 0 spiro atoms. The van der Waals surface area contributed by atoms with E-state index in [1.54, 1.807) is 48.5 Å². The van der Waals surface area contributed by atoms with E-state index in [4.69, 9.17) is 14.2 Å². The summed E-state index contributed by atoms with van der Waals surface area (Å²) < 4.78 is 16.1. The fourth-order valence-corrected chi connectivity index (χ4v) is 2.97. The Labute approximate surface area is 190 Å². The summed E-state index contributed by atoms with van der Waals surface area (Å²) in [6, 6.07) is 15.7. The number of methoxy groups -OCH3 is 2. The highest BCUT2D eigenvalue weighted by Gasteiger charge is 2.12. The first kappa shape index (κ1) is 23.2. The number of phenols is 2. The lowest BCUT2D eigenvalue weighted by molar-refractivity contribution is -0.118. The van der Waals surface area contributed by atoms with Gasteiger partial charge in [0.25, 0.3) is 5.91 Å². The number of nitrogens with one attached hydrogen (secondary N) is 1. The lowest BCUT2D eigenvalue weighted by Gasteiger charge is -2.13. The van der Waals surface area contributed by atoms with Gasteiger partial charge in [-0.15, -0.1) is 0 Å². The van der Waals surface area contributed by atoms with Gasteiger partial charge >= 0.3 is 0 Å². The molecule has 0 atom stereocenters. The Kier molecular flexibility index (Phi) is 7.54. The fourth-order valence-electron chi connectivity index (χ4n) is 2.97. The number of anilines is 1. The summed E-state index contributed by atoms with van der Waals surface area (Å²) in [7, 11) is 2.98. The minimum atomic E-state index is -0.431. The van der Waals surface area contributed by atoms with Crippen molar-refractivity contribution in [3.8, 4) is 28.7 Å². The number of rotatable bonds is 9. The van der Waals surface area contributed by atoms with Crippen molar-refractivity contribution in [1.29, 1.82) is 0 Å². The molecule has 0 aromatic heterocycles. The molecule has 8 heteroatoms. The zero-order chi connectivity index (χ0) is 23.8. The van der Waals surface area contributed by atoms with Crippen LogP contribution in [0.3, 0.4) is 0 Å². The summed E-state index contributed by atoms with van der Waals surface area (Å²) >= 11 is 0. The quantitative estimate of drug-likeness (QED) is 0.334. The number of hydrogen-bond donors (Lipinski definition) is 3. The molecular weight excluding hydrogens is 426 g/mol. The third kappa shape index (κ3) is 6.04. The minimum absolute atomic E-state index is 0.0667. The molecule has 0 aliphatic carbocycles. The van der Waals surface area contributed by atoms with Crippen LogP contribution >= 0.6 is 0 Å². The van der Waals surface area contributed by atoms with Crippen molar-refractivity contribution in [2.45, 2.75) is 0 Å². The molecule has 0 bridgehead atoms. The third-order valence-electron chi connectivity index (χ3n) is 4.60. The normalized spacial score (nSPS) is 10.6. The van der Waals surface area contributed by atoms with Crippen molar-refractivity contribution in [2.75, 3.05) is 26.1 Å². The molecule has 0 heterocycles. The summed E-state index contributed by atoms with van der Waals surface area (Å²) in [4.78, 5) is 24.6. The Balaban J connectivity index is 1.65. The summed E-state index contributed by atoms with van der Waals surface area (Å²) in [5.74, 6) is 0.0243. The molecule has 170 valence electrons. The summed E-state index contributed by atoms with van der Waals surface area (Å²) in [6.07, 6.45) is 2.84. The first-order valence-electron chi connectivity index (χ1n) is 9.89. The number of carbonyl (C=O) groups is 2. The molecule has 0 saturated carbocycles. The molecule has 3 aromatic rings. The van der Waals surface area contributed by atoms with Gasteiger partial charge < -0.3 is 29.7 Å². The number of aromatic hydroxyl groups is 2. The average molecular weight is 449 g/mol. The van der Waals surface area contributed by atoms with Crippen molar-refractivity contribution in [3.05, 3.63) is 77.9 Å². The summed E-state index contributed by atoms with van der Waals surface area (Å²) in [5.41, 5.74) is 1.24. The molecule has 33 heavy (non-hydrogen) atoms. The van der Waals surface area contributed by atoms with Gasteiger partial charge in [0, 0.05) is 6.07 Å². The first-order valence-corrected chi connectivity index (χ1v) is 9.89. The van der Waals surface area contributed by atoms with Crippen molar-refractivity contribution in [1.82, 2.24) is 0 Å². The van der Waals surface area contributed by atoms with Gasteiger partial charge in [0.2, 0.25) is 0 Å². The van der Waals surface area contributed by atoms with Crippen LogP contribution in [0.15, 0.2) is 66.7 Å². The second-order valence-electron chi connectivity index (χ2n) is 6.85. The second kappa shape index (κ2) is 10.7. The van der Waals surface area contributed by atoms with E-state index < -0.39 is 5.78 Å². The molecule has 0 radical (unpaired) electrons. The summed E-state index contributed by atoms with van der Waals surface area (Å²) in [6.45, 7) is -0.248. The lowest BCUT2D eigenvalue weighted by atomic mass is 10.1. The number of allylic oxidation sites excluding steroid dienone is 1. The largest absolute Gasteiger partial charge is 0.508 e. The highest BCUT2D eigenvalue weighted by Crippen LogP contribution is 2.29. The van der Waals surface area contributed by atoms with Crippen LogP contribution in [0.2, 0.25) is 0 Å². The Morgan fingerprint density at radius 3 is 2.39 bits per heavy atom. The molecule has 0 saturated heterocycles. The molecule has 3 N–H and O–H groups in total. The highest BCUT2D eigenvalue weighted by atomic mass is 16.5. The van der Waals surface area contributed by atoms with E-state index in [0.717, 1.165) is 6.07 Å². The van der Waals surface area contributed by atoms with Crippen molar-refractivity contribution in [3.63, 3.8) is 0 Å². The number of amides is 1. The monoisotopic (exact) mass is 449 g/mol. The number of ether oxygens (including phenoxy) is 3. The number of ketones is 1. The molecule has 1 amide bonds. The van der Waals surface area contributed by atoms with E-state index in [1.165, 1.54) is 32.4 Å². The summed E-state index contributed by atoms with van der Waals surface area (Å²) in [5, 5.41) is 21.9. The SMILES string of the molecule is COc1ccccc1NC(=O)COc1ccc(/C=C/C(=O)c2ccc(O)cc2O)cc1OC. The molecule has 0 aliphatic heterocycles. The molecule has 3 rings (SSSR count). The Morgan fingerprint density at radius 1 is 0.909 bits per heavy atom. The molecular formula is C25H23NO7. The van der Waals surface area contributed by atoms with Crippen LogP contribution < -0.4 is 19.5 Å². The Bertz CT molecular complexity index is 1190. The number of carbonyl (C=O) groups excluding carboxylic acids is 2. The van der Waals surface area contributed by atoms with Crippen molar-refractivity contribution >= 4 is 23.5 Å². The Hall–Kier alpha value is -4.46. The van der Waals surface area contributed by atoms with Gasteiger partial charge in [-0.25, -0.2) is 0 Å². The average Bonchev–Trinajstić information content (AvgIpc) is 2.81. The maximum atomic E-state index is 12.3. The molecule has 3 aromatic carbocycles. The van der Waals surface area contributed by atoms with E-state index in [2.05, 4.69) is 5.32 Å². The minimum Gasteiger partial charge on any atom is -0.508 e. The van der Waals surface area contributed by atoms with E-state index in [-0.39, 0.29) is 29.6 Å². The van der Waals surface area contributed by atoms with E-state index in [0.29, 0.717) is 28.5 Å². The zero-order valence-electron chi connectivity index (χ0n) is 18.1. The molecule has 8 nitrogen and oxygen atoms in total. The maximum absolute atomic E-state index is 12.3. The fraction of sp³-hybridized carbons (Fsp3) is 0.120. The number of benzene rings is 3. The smallest absolute Gasteiger partial charge is 0.262 e. The van der Waals surface area contributed by atoms with Gasteiger partial charge in [-0.2, -0.15) is 0 Å². The predicted octanol–water partition coefficient (Wildman–Crippen LogP) is 4.03. The van der Waals surface area contributed by atoms with Crippen LogP contribution in [-0.2, 0) is 4.79 Å². The van der Waals surface area contributed by atoms with Crippen LogP contribution in [0.4, 0.5) is 5.69 Å². The topological polar surface area (TPSA) is 114 Å².